The molecule has 0 radical (unpaired) electrons. The maximum atomic E-state index is 12.5. The maximum absolute atomic E-state index is 12.5. The number of nitrogens with zero attached hydrogens (tertiary/aromatic N) is 4. The van der Waals surface area contributed by atoms with Gasteiger partial charge in [-0.05, 0) is 25.8 Å². The van der Waals surface area contributed by atoms with E-state index in [-0.39, 0.29) is 17.3 Å². The number of aromatic nitrogens is 4. The van der Waals surface area contributed by atoms with Gasteiger partial charge in [-0.1, -0.05) is 30.3 Å². The van der Waals surface area contributed by atoms with Crippen LogP contribution in [0.5, 0.6) is 0 Å². The van der Waals surface area contributed by atoms with E-state index in [1.165, 1.54) is 17.2 Å². The highest BCUT2D eigenvalue weighted by Crippen LogP contribution is 2.08. The largest absolute Gasteiger partial charge is 0.332 e. The van der Waals surface area contributed by atoms with E-state index in [0.29, 0.717) is 23.8 Å². The van der Waals surface area contributed by atoms with Crippen LogP contribution in [0.2, 0.25) is 0 Å². The Morgan fingerprint density at radius 2 is 1.73 bits per heavy atom. The quantitative estimate of drug-likeness (QED) is 0.717. The molecule has 7 nitrogen and oxygen atoms in total. The number of hydrogen-bond acceptors (Lipinski definition) is 4. The molecule has 2 aromatic heterocycles. The third kappa shape index (κ3) is 3.48. The lowest BCUT2D eigenvalue weighted by Crippen LogP contribution is -2.40. The molecule has 0 amide bonds. The molecule has 0 aliphatic rings. The van der Waals surface area contributed by atoms with Crippen molar-refractivity contribution in [3.63, 3.8) is 0 Å². The Bertz CT molecular complexity index is 1020. The molecule has 0 unspecified atom stereocenters. The molecule has 0 bridgehead atoms. The average Bonchev–Trinajstić information content (AvgIpc) is 3.02. The van der Waals surface area contributed by atoms with Crippen LogP contribution in [-0.4, -0.2) is 30.8 Å². The Morgan fingerprint density at radius 1 is 1.04 bits per heavy atom. The normalized spacial score (nSPS) is 13.8. The summed E-state index contributed by atoms with van der Waals surface area (Å²) in [5.41, 5.74) is 1.48. The first kappa shape index (κ1) is 18.1. The predicted octanol–water partition coefficient (Wildman–Crippen LogP) is 1.04. The maximum Gasteiger partial charge on any atom is 0.332 e. The van der Waals surface area contributed by atoms with E-state index >= 15 is 0 Å². The molecule has 0 fully saturated rings. The van der Waals surface area contributed by atoms with E-state index in [1.54, 1.807) is 13.4 Å². The second-order valence-corrected chi connectivity index (χ2v) is 6.93. The monoisotopic (exact) mass is 355 g/mol. The zero-order valence-corrected chi connectivity index (χ0v) is 15.6. The summed E-state index contributed by atoms with van der Waals surface area (Å²) in [6.45, 7) is 4.83. The van der Waals surface area contributed by atoms with Gasteiger partial charge in [0.1, 0.15) is 0 Å². The summed E-state index contributed by atoms with van der Waals surface area (Å²) in [5, 5.41) is 3.57. The highest BCUT2D eigenvalue weighted by molar-refractivity contribution is 5.69. The standard InChI is InChI=1S/C19H25N5O2/c1-13(10-15-8-6-5-7-9-15)21-14(2)11-24-12-20-17-16(24)18(25)23(4)19(26)22(17)3/h5-9,12-14,21H,10-11H2,1-4H3/t13-,14-/m1/s1. The average molecular weight is 355 g/mol. The van der Waals surface area contributed by atoms with Crippen LogP contribution < -0.4 is 16.6 Å². The van der Waals surface area contributed by atoms with Crippen LogP contribution in [0.3, 0.4) is 0 Å². The second kappa shape index (κ2) is 7.29. The fraction of sp³-hybridized carbons (Fsp3) is 0.421. The summed E-state index contributed by atoms with van der Waals surface area (Å²) in [6.07, 6.45) is 2.57. The van der Waals surface area contributed by atoms with E-state index < -0.39 is 0 Å². The third-order valence-electron chi connectivity index (χ3n) is 4.64. The highest BCUT2D eigenvalue weighted by Gasteiger charge is 2.16. The number of nitrogens with one attached hydrogen (secondary N) is 1. The van der Waals surface area contributed by atoms with Gasteiger partial charge >= 0.3 is 5.69 Å². The molecule has 2 heterocycles. The lowest BCUT2D eigenvalue weighted by Gasteiger charge is -2.21. The zero-order valence-electron chi connectivity index (χ0n) is 15.6. The molecule has 0 aliphatic carbocycles. The molecule has 0 saturated carbocycles. The first-order valence-electron chi connectivity index (χ1n) is 8.79. The number of benzene rings is 1. The van der Waals surface area contributed by atoms with Crippen LogP contribution >= 0.6 is 0 Å². The van der Waals surface area contributed by atoms with Gasteiger partial charge < -0.3 is 9.88 Å². The van der Waals surface area contributed by atoms with Crippen molar-refractivity contribution in [1.29, 1.82) is 0 Å². The summed E-state index contributed by atoms with van der Waals surface area (Å²) in [4.78, 5) is 28.8. The number of imidazole rings is 1. The third-order valence-corrected chi connectivity index (χ3v) is 4.64. The number of hydrogen-bond donors (Lipinski definition) is 1. The minimum atomic E-state index is -0.365. The van der Waals surface area contributed by atoms with Crippen molar-refractivity contribution < 1.29 is 0 Å². The van der Waals surface area contributed by atoms with Gasteiger partial charge in [-0.2, -0.15) is 0 Å². The first-order valence-corrected chi connectivity index (χ1v) is 8.79. The molecular formula is C19H25N5O2. The summed E-state index contributed by atoms with van der Waals surface area (Å²) in [5.74, 6) is 0. The highest BCUT2D eigenvalue weighted by atomic mass is 16.2. The molecule has 26 heavy (non-hydrogen) atoms. The smallest absolute Gasteiger partial charge is 0.323 e. The van der Waals surface area contributed by atoms with Gasteiger partial charge in [-0.15, -0.1) is 0 Å². The van der Waals surface area contributed by atoms with Gasteiger partial charge in [0.15, 0.2) is 11.2 Å². The molecule has 0 saturated heterocycles. The topological polar surface area (TPSA) is 73.8 Å². The van der Waals surface area contributed by atoms with Crippen LogP contribution in [0.1, 0.15) is 19.4 Å². The molecule has 3 rings (SSSR count). The van der Waals surface area contributed by atoms with Crippen molar-refractivity contribution in [2.24, 2.45) is 14.1 Å². The first-order chi connectivity index (χ1) is 12.4. The number of aryl methyl sites for hydroxylation is 1. The Kier molecular flexibility index (Phi) is 5.08. The van der Waals surface area contributed by atoms with Crippen molar-refractivity contribution in [3.05, 3.63) is 63.1 Å². The molecule has 1 aromatic carbocycles. The van der Waals surface area contributed by atoms with Crippen LogP contribution in [0.4, 0.5) is 0 Å². The van der Waals surface area contributed by atoms with Crippen molar-refractivity contribution in [2.75, 3.05) is 0 Å². The van der Waals surface area contributed by atoms with Gasteiger partial charge in [-0.25, -0.2) is 9.78 Å². The van der Waals surface area contributed by atoms with Crippen molar-refractivity contribution in [1.82, 2.24) is 24.0 Å². The molecule has 0 spiro atoms. The SMILES string of the molecule is C[C@H](Cc1ccccc1)N[C@H](C)Cn1cnc2c1c(=O)n(C)c(=O)n2C. The second-order valence-electron chi connectivity index (χ2n) is 6.93. The molecule has 3 aromatic rings. The van der Waals surface area contributed by atoms with Crippen LogP contribution in [0.15, 0.2) is 46.2 Å². The Labute approximate surface area is 151 Å². The Balaban J connectivity index is 1.77. The van der Waals surface area contributed by atoms with E-state index in [0.717, 1.165) is 11.0 Å². The summed E-state index contributed by atoms with van der Waals surface area (Å²) in [6, 6.07) is 10.8. The van der Waals surface area contributed by atoms with E-state index in [1.807, 2.05) is 22.8 Å². The minimum Gasteiger partial charge on any atom is -0.323 e. The lowest BCUT2D eigenvalue weighted by molar-refractivity contribution is 0.424. The summed E-state index contributed by atoms with van der Waals surface area (Å²) in [7, 11) is 3.12. The van der Waals surface area contributed by atoms with Gasteiger partial charge in [-0.3, -0.25) is 13.9 Å². The van der Waals surface area contributed by atoms with Gasteiger partial charge in [0.2, 0.25) is 0 Å². The lowest BCUT2D eigenvalue weighted by atomic mass is 10.1. The molecule has 0 aliphatic heterocycles. The molecule has 1 N–H and O–H groups in total. The number of rotatable bonds is 6. The molecule has 138 valence electrons. The fourth-order valence-corrected chi connectivity index (χ4v) is 3.40. The predicted molar refractivity (Wildman–Crippen MR) is 102 cm³/mol. The fourth-order valence-electron chi connectivity index (χ4n) is 3.40. The zero-order chi connectivity index (χ0) is 18.8. The molecule has 7 heteroatoms. The Hall–Kier alpha value is -2.67. The van der Waals surface area contributed by atoms with Crippen LogP contribution in [-0.2, 0) is 27.1 Å². The van der Waals surface area contributed by atoms with Crippen LogP contribution in [0.25, 0.3) is 11.2 Å². The molecular weight excluding hydrogens is 330 g/mol. The van der Waals surface area contributed by atoms with Crippen molar-refractivity contribution in [3.8, 4) is 0 Å². The number of fused-ring (bicyclic) bond motifs is 1. The van der Waals surface area contributed by atoms with E-state index in [4.69, 9.17) is 0 Å². The van der Waals surface area contributed by atoms with E-state index in [9.17, 15) is 9.59 Å². The summed E-state index contributed by atoms with van der Waals surface area (Å²) < 4.78 is 4.35. The van der Waals surface area contributed by atoms with Crippen LogP contribution in [0, 0.1) is 0 Å². The van der Waals surface area contributed by atoms with Crippen molar-refractivity contribution in [2.45, 2.75) is 38.9 Å². The van der Waals surface area contributed by atoms with Gasteiger partial charge in [0.25, 0.3) is 5.56 Å². The minimum absolute atomic E-state index is 0.146. The van der Waals surface area contributed by atoms with Gasteiger partial charge in [0, 0.05) is 32.7 Å². The van der Waals surface area contributed by atoms with E-state index in [2.05, 4.69) is 36.3 Å². The summed E-state index contributed by atoms with van der Waals surface area (Å²) >= 11 is 0. The Morgan fingerprint density at radius 3 is 2.42 bits per heavy atom. The molecule has 2 atom stereocenters. The van der Waals surface area contributed by atoms with Crippen molar-refractivity contribution >= 4 is 11.2 Å². The van der Waals surface area contributed by atoms with Gasteiger partial charge in [0.05, 0.1) is 6.33 Å².